The van der Waals surface area contributed by atoms with Crippen molar-refractivity contribution in [2.45, 2.75) is 36.5 Å². The first-order chi connectivity index (χ1) is 9.17. The van der Waals surface area contributed by atoms with Gasteiger partial charge in [0.1, 0.15) is 5.82 Å². The molecule has 0 saturated carbocycles. The van der Waals surface area contributed by atoms with Crippen molar-refractivity contribution in [3.8, 4) is 0 Å². The van der Waals surface area contributed by atoms with Gasteiger partial charge in [-0.1, -0.05) is 13.0 Å². The fourth-order valence-electron chi connectivity index (χ4n) is 1.73. The Morgan fingerprint density at radius 1 is 1.53 bits per heavy atom. The predicted molar refractivity (Wildman–Crippen MR) is 71.6 cm³/mol. The number of rotatable bonds is 5. The first-order valence-corrected chi connectivity index (χ1v) is 6.79. The molecule has 0 unspecified atom stereocenters. The van der Waals surface area contributed by atoms with Gasteiger partial charge in [-0.15, -0.1) is 5.10 Å². The highest BCUT2D eigenvalue weighted by molar-refractivity contribution is 7.99. The molecule has 0 bridgehead atoms. The number of H-pyrrole nitrogens is 1. The Balaban J connectivity index is 2.36. The summed E-state index contributed by atoms with van der Waals surface area (Å²) in [5.41, 5.74) is 5.74. The summed E-state index contributed by atoms with van der Waals surface area (Å²) in [7, 11) is 0. The fourth-order valence-corrected chi connectivity index (χ4v) is 2.76. The molecule has 0 aliphatic rings. The van der Waals surface area contributed by atoms with E-state index in [1.807, 2.05) is 6.92 Å². The topological polar surface area (TPSA) is 76.7 Å². The van der Waals surface area contributed by atoms with Crippen molar-refractivity contribution in [3.05, 3.63) is 40.1 Å². The van der Waals surface area contributed by atoms with Crippen molar-refractivity contribution in [2.24, 2.45) is 5.73 Å². The summed E-state index contributed by atoms with van der Waals surface area (Å²) < 4.78 is 15.2. The molecule has 0 radical (unpaired) electrons. The van der Waals surface area contributed by atoms with E-state index in [-0.39, 0.29) is 18.1 Å². The number of nitrogens with zero attached hydrogens (tertiary/aromatic N) is 2. The molecule has 7 heteroatoms. The Labute approximate surface area is 114 Å². The molecule has 0 spiro atoms. The monoisotopic (exact) mass is 282 g/mol. The number of benzene rings is 1. The molecule has 2 rings (SSSR count). The molecule has 3 N–H and O–H groups in total. The van der Waals surface area contributed by atoms with Crippen molar-refractivity contribution in [3.63, 3.8) is 0 Å². The summed E-state index contributed by atoms with van der Waals surface area (Å²) in [5.74, 6) is -0.340. The van der Waals surface area contributed by atoms with Crippen LogP contribution in [-0.4, -0.2) is 14.8 Å². The second kappa shape index (κ2) is 6.03. The van der Waals surface area contributed by atoms with Crippen molar-refractivity contribution in [2.75, 3.05) is 0 Å². The average molecular weight is 282 g/mol. The maximum atomic E-state index is 13.6. The molecule has 0 saturated heterocycles. The number of aromatic nitrogens is 3. The Morgan fingerprint density at radius 2 is 2.32 bits per heavy atom. The molecule has 19 heavy (non-hydrogen) atoms. The molecule has 5 nitrogen and oxygen atoms in total. The smallest absolute Gasteiger partial charge is 0.326 e. The molecule has 2 aromatic rings. The van der Waals surface area contributed by atoms with Crippen LogP contribution in [0.15, 0.2) is 33.0 Å². The van der Waals surface area contributed by atoms with E-state index >= 15 is 0 Å². The van der Waals surface area contributed by atoms with E-state index in [0.29, 0.717) is 22.2 Å². The minimum absolute atomic E-state index is 0.109. The second-order valence-corrected chi connectivity index (χ2v) is 4.99. The molecule has 0 aliphatic carbocycles. The quantitative estimate of drug-likeness (QED) is 0.875. The summed E-state index contributed by atoms with van der Waals surface area (Å²) in [6.07, 6.45) is 0.819. The zero-order chi connectivity index (χ0) is 13.8. The van der Waals surface area contributed by atoms with Gasteiger partial charge in [-0.25, -0.2) is 14.3 Å². The third-order valence-electron chi connectivity index (χ3n) is 2.65. The van der Waals surface area contributed by atoms with Gasteiger partial charge >= 0.3 is 5.69 Å². The number of halogens is 1. The largest absolute Gasteiger partial charge is 0.343 e. The summed E-state index contributed by atoms with van der Waals surface area (Å²) in [5, 5.41) is 6.89. The fraction of sp³-hybridized carbons (Fsp3) is 0.333. The lowest BCUT2D eigenvalue weighted by Gasteiger charge is -2.08. The van der Waals surface area contributed by atoms with Gasteiger partial charge in [0.05, 0.1) is 0 Å². The van der Waals surface area contributed by atoms with Crippen LogP contribution in [0.2, 0.25) is 0 Å². The van der Waals surface area contributed by atoms with Crippen LogP contribution in [0, 0.1) is 5.82 Å². The Kier molecular flexibility index (Phi) is 4.39. The second-order valence-electron chi connectivity index (χ2n) is 3.99. The third-order valence-corrected chi connectivity index (χ3v) is 3.75. The molecule has 0 aliphatic heterocycles. The van der Waals surface area contributed by atoms with E-state index in [4.69, 9.17) is 5.73 Å². The van der Waals surface area contributed by atoms with Crippen LogP contribution in [0.25, 0.3) is 0 Å². The van der Waals surface area contributed by atoms with Crippen LogP contribution in [0.4, 0.5) is 4.39 Å². The molecule has 0 atom stereocenters. The summed E-state index contributed by atoms with van der Waals surface area (Å²) >= 11 is 1.24. The molecular formula is C12H15FN4OS. The van der Waals surface area contributed by atoms with E-state index < -0.39 is 0 Å². The zero-order valence-corrected chi connectivity index (χ0v) is 11.3. The molecular weight excluding hydrogens is 267 g/mol. The van der Waals surface area contributed by atoms with Crippen molar-refractivity contribution >= 4 is 11.8 Å². The lowest BCUT2D eigenvalue weighted by molar-refractivity contribution is 0.599. The summed E-state index contributed by atoms with van der Waals surface area (Å²) in [4.78, 5) is 12.3. The van der Waals surface area contributed by atoms with Gasteiger partial charge in [-0.3, -0.25) is 4.57 Å². The standard InChI is InChI=1S/C12H15FN4OS/c1-2-6-17-11(18)15-16-12(17)19-10-5-3-4-9(13)8(10)7-14/h3-5H,2,6-7,14H2,1H3,(H,15,18). The van der Waals surface area contributed by atoms with Crippen LogP contribution in [0.5, 0.6) is 0 Å². The Bertz CT molecular complexity index is 622. The highest BCUT2D eigenvalue weighted by atomic mass is 32.2. The van der Waals surface area contributed by atoms with Gasteiger partial charge in [0.15, 0.2) is 5.16 Å². The van der Waals surface area contributed by atoms with E-state index in [1.54, 1.807) is 12.1 Å². The van der Waals surface area contributed by atoms with Gasteiger partial charge in [0.2, 0.25) is 0 Å². The summed E-state index contributed by atoms with van der Waals surface area (Å²) in [6.45, 7) is 2.66. The number of aromatic amines is 1. The van der Waals surface area contributed by atoms with E-state index in [2.05, 4.69) is 10.2 Å². The van der Waals surface area contributed by atoms with Gasteiger partial charge in [-0.2, -0.15) is 0 Å². The highest BCUT2D eigenvalue weighted by Gasteiger charge is 2.13. The van der Waals surface area contributed by atoms with Crippen molar-refractivity contribution in [1.82, 2.24) is 14.8 Å². The maximum absolute atomic E-state index is 13.6. The third kappa shape index (κ3) is 2.87. The minimum Gasteiger partial charge on any atom is -0.326 e. The van der Waals surface area contributed by atoms with E-state index in [0.717, 1.165) is 6.42 Å². The summed E-state index contributed by atoms with van der Waals surface area (Å²) in [6, 6.07) is 4.76. The normalized spacial score (nSPS) is 10.9. The molecule has 1 heterocycles. The lowest BCUT2D eigenvalue weighted by atomic mass is 10.2. The number of hydrogen-bond donors (Lipinski definition) is 2. The van der Waals surface area contributed by atoms with Crippen molar-refractivity contribution < 1.29 is 4.39 Å². The number of nitrogens with one attached hydrogen (secondary N) is 1. The van der Waals surface area contributed by atoms with Gasteiger partial charge < -0.3 is 5.73 Å². The molecule has 102 valence electrons. The SMILES string of the molecule is CCCn1c(Sc2cccc(F)c2CN)n[nH]c1=O. The van der Waals surface area contributed by atoms with Gasteiger partial charge in [0, 0.05) is 23.5 Å². The molecule has 1 aromatic heterocycles. The first kappa shape index (κ1) is 13.8. The zero-order valence-electron chi connectivity index (χ0n) is 10.5. The molecule has 0 fully saturated rings. The van der Waals surface area contributed by atoms with Crippen LogP contribution < -0.4 is 11.4 Å². The number of nitrogens with two attached hydrogens (primary N) is 1. The van der Waals surface area contributed by atoms with Crippen LogP contribution in [0.1, 0.15) is 18.9 Å². The Morgan fingerprint density at radius 3 is 3.00 bits per heavy atom. The van der Waals surface area contributed by atoms with Gasteiger partial charge in [0.25, 0.3) is 0 Å². The van der Waals surface area contributed by atoms with E-state index in [1.165, 1.54) is 22.4 Å². The van der Waals surface area contributed by atoms with Crippen LogP contribution in [0.3, 0.4) is 0 Å². The first-order valence-electron chi connectivity index (χ1n) is 5.97. The van der Waals surface area contributed by atoms with Gasteiger partial charge in [-0.05, 0) is 30.3 Å². The maximum Gasteiger partial charge on any atom is 0.343 e. The predicted octanol–water partition coefficient (Wildman–Crippen LogP) is 1.73. The van der Waals surface area contributed by atoms with Crippen LogP contribution >= 0.6 is 11.8 Å². The number of hydrogen-bond acceptors (Lipinski definition) is 4. The average Bonchev–Trinajstić information content (AvgIpc) is 2.72. The van der Waals surface area contributed by atoms with Crippen molar-refractivity contribution in [1.29, 1.82) is 0 Å². The van der Waals surface area contributed by atoms with Crippen LogP contribution in [-0.2, 0) is 13.1 Å². The molecule has 0 amide bonds. The minimum atomic E-state index is -0.340. The Hall–Kier alpha value is -1.60. The lowest BCUT2D eigenvalue weighted by Crippen LogP contribution is -2.17. The molecule has 1 aromatic carbocycles. The highest BCUT2D eigenvalue weighted by Crippen LogP contribution is 2.29. The van der Waals surface area contributed by atoms with E-state index in [9.17, 15) is 9.18 Å².